The lowest BCUT2D eigenvalue weighted by atomic mass is 10.1. The van der Waals surface area contributed by atoms with Crippen LogP contribution in [0.5, 0.6) is 5.75 Å². The summed E-state index contributed by atoms with van der Waals surface area (Å²) < 4.78 is 21.9. The Morgan fingerprint density at radius 3 is 2.14 bits per heavy atom. The molecule has 3 aliphatic rings. The number of nitrogens with zero attached hydrogens (tertiary/aromatic N) is 8. The van der Waals surface area contributed by atoms with Crippen molar-refractivity contribution in [2.45, 2.75) is 57.6 Å². The van der Waals surface area contributed by atoms with Crippen LogP contribution in [0.15, 0.2) is 72.0 Å². The first-order chi connectivity index (χ1) is 21.5. The number of aromatic nitrogens is 6. The molecule has 12 nitrogen and oxygen atoms in total. The molecular weight excluding hydrogens is 560 g/mol. The van der Waals surface area contributed by atoms with E-state index in [-0.39, 0.29) is 17.8 Å². The summed E-state index contributed by atoms with van der Waals surface area (Å²) in [5.41, 5.74) is 3.07. The molecule has 2 aliphatic heterocycles. The lowest BCUT2D eigenvalue weighted by Crippen LogP contribution is -2.46. The molecule has 1 unspecified atom stereocenters. The van der Waals surface area contributed by atoms with Gasteiger partial charge in [0, 0.05) is 43.5 Å². The van der Waals surface area contributed by atoms with Crippen molar-refractivity contribution in [2.75, 3.05) is 49.2 Å². The fourth-order valence-electron chi connectivity index (χ4n) is 6.10. The van der Waals surface area contributed by atoms with E-state index >= 15 is 0 Å². The molecule has 1 saturated carbocycles. The van der Waals surface area contributed by atoms with Gasteiger partial charge in [-0.3, -0.25) is 0 Å². The standard InChI is InChI=1S/C32H40N8O4/c1-3-24(2)40-31(41)38(23-35-40)28-8-6-26(7-9-28)36-16-18-37(19-17-36)27-10-12-29(13-11-27)42-20-30-21-43-32(44-30,25-4-5-25)22-39-33-14-15-34-39/h6-15,23-25,30H,3-5,16-22H2,1-2H3/t24?,30-,32-/m1/s1. The van der Waals surface area contributed by atoms with Crippen LogP contribution >= 0.6 is 0 Å². The van der Waals surface area contributed by atoms with E-state index in [0.29, 0.717) is 25.7 Å². The lowest BCUT2D eigenvalue weighted by molar-refractivity contribution is -0.198. The molecule has 1 aliphatic carbocycles. The largest absolute Gasteiger partial charge is 0.491 e. The maximum Gasteiger partial charge on any atom is 0.350 e. The summed E-state index contributed by atoms with van der Waals surface area (Å²) in [5.74, 6) is 0.550. The van der Waals surface area contributed by atoms with Gasteiger partial charge in [-0.25, -0.2) is 14.0 Å². The van der Waals surface area contributed by atoms with Crippen molar-refractivity contribution in [3.05, 3.63) is 77.7 Å². The first kappa shape index (κ1) is 28.6. The topological polar surface area (TPSA) is 105 Å². The monoisotopic (exact) mass is 600 g/mol. The van der Waals surface area contributed by atoms with E-state index < -0.39 is 5.79 Å². The van der Waals surface area contributed by atoms with Gasteiger partial charge in [0.05, 0.1) is 30.7 Å². The van der Waals surface area contributed by atoms with Crippen LogP contribution in [0.25, 0.3) is 5.69 Å². The van der Waals surface area contributed by atoms with Gasteiger partial charge < -0.3 is 24.0 Å². The minimum absolute atomic E-state index is 0.0781. The Balaban J connectivity index is 0.895. The summed E-state index contributed by atoms with van der Waals surface area (Å²) in [4.78, 5) is 19.2. The molecule has 4 heterocycles. The van der Waals surface area contributed by atoms with Gasteiger partial charge in [-0.15, -0.1) is 0 Å². The number of hydrogen-bond acceptors (Lipinski definition) is 9. The van der Waals surface area contributed by atoms with Gasteiger partial charge in [0.15, 0.2) is 5.79 Å². The van der Waals surface area contributed by atoms with Crippen molar-refractivity contribution in [3.8, 4) is 11.4 Å². The van der Waals surface area contributed by atoms with Crippen LogP contribution in [-0.2, 0) is 16.0 Å². The van der Waals surface area contributed by atoms with Gasteiger partial charge in [-0.2, -0.15) is 20.1 Å². The molecule has 2 aromatic carbocycles. The molecule has 0 amide bonds. The zero-order valence-corrected chi connectivity index (χ0v) is 25.4. The molecule has 3 atom stereocenters. The molecule has 0 bridgehead atoms. The molecule has 2 aromatic heterocycles. The summed E-state index contributed by atoms with van der Waals surface area (Å²) >= 11 is 0. The first-order valence-corrected chi connectivity index (χ1v) is 15.7. The fraction of sp³-hybridized carbons (Fsp3) is 0.500. The minimum Gasteiger partial charge on any atom is -0.491 e. The Morgan fingerprint density at radius 1 is 0.909 bits per heavy atom. The van der Waals surface area contributed by atoms with Crippen molar-refractivity contribution in [3.63, 3.8) is 0 Å². The number of benzene rings is 2. The van der Waals surface area contributed by atoms with Crippen molar-refractivity contribution < 1.29 is 14.2 Å². The van der Waals surface area contributed by atoms with Gasteiger partial charge >= 0.3 is 5.69 Å². The fourth-order valence-corrected chi connectivity index (χ4v) is 6.10. The average molecular weight is 601 g/mol. The second-order valence-electron chi connectivity index (χ2n) is 12.0. The van der Waals surface area contributed by atoms with Crippen LogP contribution < -0.4 is 20.2 Å². The van der Waals surface area contributed by atoms with E-state index in [4.69, 9.17) is 14.2 Å². The van der Waals surface area contributed by atoms with Crippen molar-refractivity contribution >= 4 is 11.4 Å². The lowest BCUT2D eigenvalue weighted by Gasteiger charge is -2.37. The highest BCUT2D eigenvalue weighted by Gasteiger charge is 2.53. The maximum absolute atomic E-state index is 12.8. The van der Waals surface area contributed by atoms with E-state index in [0.717, 1.165) is 62.6 Å². The third-order valence-corrected chi connectivity index (χ3v) is 9.02. The van der Waals surface area contributed by atoms with Gasteiger partial charge in [0.1, 0.15) is 31.3 Å². The van der Waals surface area contributed by atoms with Gasteiger partial charge in [0.2, 0.25) is 0 Å². The summed E-state index contributed by atoms with van der Waals surface area (Å²) in [6.07, 6.45) is 7.90. The quantitative estimate of drug-likeness (QED) is 0.256. The van der Waals surface area contributed by atoms with Crippen LogP contribution in [0.4, 0.5) is 11.4 Å². The predicted octanol–water partition coefficient (Wildman–Crippen LogP) is 3.52. The molecule has 4 aromatic rings. The number of anilines is 2. The zero-order chi connectivity index (χ0) is 30.1. The Hall–Kier alpha value is -4.16. The molecule has 0 N–H and O–H groups in total. The number of hydrogen-bond donors (Lipinski definition) is 0. The SMILES string of the molecule is CCC(C)n1ncn(-c2ccc(N3CCN(c4ccc(OC[C@@H]5CO[C@@](Cn6nccn6)(C6CC6)O5)cc4)CC3)cc2)c1=O. The molecule has 12 heteroatoms. The molecular formula is C32H40N8O4. The summed E-state index contributed by atoms with van der Waals surface area (Å²) in [6.45, 7) is 9.18. The third-order valence-electron chi connectivity index (χ3n) is 9.02. The second kappa shape index (κ2) is 12.1. The third kappa shape index (κ3) is 5.83. The smallest absolute Gasteiger partial charge is 0.350 e. The summed E-state index contributed by atoms with van der Waals surface area (Å²) in [5, 5.41) is 12.8. The molecule has 3 fully saturated rings. The van der Waals surface area contributed by atoms with Crippen LogP contribution in [0.3, 0.4) is 0 Å². The van der Waals surface area contributed by atoms with Gasteiger partial charge in [-0.1, -0.05) is 6.92 Å². The van der Waals surface area contributed by atoms with Gasteiger partial charge in [-0.05, 0) is 74.7 Å². The van der Waals surface area contributed by atoms with Crippen LogP contribution in [0.1, 0.15) is 39.2 Å². The highest BCUT2D eigenvalue weighted by Crippen LogP contribution is 2.46. The van der Waals surface area contributed by atoms with Crippen molar-refractivity contribution in [2.24, 2.45) is 5.92 Å². The highest BCUT2D eigenvalue weighted by atomic mass is 16.8. The van der Waals surface area contributed by atoms with E-state index in [1.165, 1.54) is 5.69 Å². The normalized spacial score (nSPS) is 22.8. The molecule has 232 valence electrons. The first-order valence-electron chi connectivity index (χ1n) is 15.7. The zero-order valence-electron chi connectivity index (χ0n) is 25.4. The number of ether oxygens (including phenoxy) is 3. The average Bonchev–Trinajstić information content (AvgIpc) is 3.46. The van der Waals surface area contributed by atoms with E-state index in [2.05, 4.69) is 56.3 Å². The second-order valence-corrected chi connectivity index (χ2v) is 12.0. The van der Waals surface area contributed by atoms with E-state index in [9.17, 15) is 4.79 Å². The molecule has 0 spiro atoms. The number of piperazine rings is 1. The Bertz CT molecular complexity index is 1570. The van der Waals surface area contributed by atoms with Crippen LogP contribution in [-0.4, -0.2) is 80.6 Å². The number of rotatable bonds is 11. The molecule has 7 rings (SSSR count). The van der Waals surface area contributed by atoms with E-state index in [1.807, 2.05) is 31.2 Å². The van der Waals surface area contributed by atoms with Crippen LogP contribution in [0.2, 0.25) is 0 Å². The predicted molar refractivity (Wildman–Crippen MR) is 165 cm³/mol. The Labute approximate surface area is 256 Å². The van der Waals surface area contributed by atoms with Crippen molar-refractivity contribution in [1.82, 2.24) is 29.3 Å². The highest BCUT2D eigenvalue weighted by molar-refractivity contribution is 5.54. The van der Waals surface area contributed by atoms with Crippen molar-refractivity contribution in [1.29, 1.82) is 0 Å². The van der Waals surface area contributed by atoms with Crippen LogP contribution in [0, 0.1) is 5.92 Å². The Morgan fingerprint density at radius 2 is 1.52 bits per heavy atom. The molecule has 44 heavy (non-hydrogen) atoms. The van der Waals surface area contributed by atoms with Gasteiger partial charge in [0.25, 0.3) is 0 Å². The summed E-state index contributed by atoms with van der Waals surface area (Å²) in [6, 6.07) is 16.6. The minimum atomic E-state index is -0.655. The maximum atomic E-state index is 12.8. The molecule has 2 saturated heterocycles. The summed E-state index contributed by atoms with van der Waals surface area (Å²) in [7, 11) is 0. The molecule has 0 radical (unpaired) electrons. The Kier molecular flexibility index (Phi) is 7.85. The van der Waals surface area contributed by atoms with E-state index in [1.54, 1.807) is 32.8 Å².